The molecule has 0 radical (unpaired) electrons. The molecule has 1 aliphatic heterocycles. The number of piperazine rings is 1. The Morgan fingerprint density at radius 3 is 2.90 bits per heavy atom. The average molecular weight is 313 g/mol. The van der Waals surface area contributed by atoms with E-state index < -0.39 is 10.2 Å². The Morgan fingerprint density at radius 1 is 1.48 bits per heavy atom. The molecular formula is C14H23N3O3S. The Balaban J connectivity index is 2.12. The van der Waals surface area contributed by atoms with Gasteiger partial charge in [0, 0.05) is 39.3 Å². The van der Waals surface area contributed by atoms with Crippen molar-refractivity contribution < 1.29 is 13.2 Å². The molecule has 1 atom stereocenters. The summed E-state index contributed by atoms with van der Waals surface area (Å²) >= 11 is 0. The summed E-state index contributed by atoms with van der Waals surface area (Å²) in [6.45, 7) is 4.13. The van der Waals surface area contributed by atoms with Crippen LogP contribution in [0.25, 0.3) is 0 Å². The van der Waals surface area contributed by atoms with Gasteiger partial charge in [-0.1, -0.05) is 12.1 Å². The Labute approximate surface area is 126 Å². The van der Waals surface area contributed by atoms with Crippen molar-refractivity contribution in [2.45, 2.75) is 19.5 Å². The van der Waals surface area contributed by atoms with Gasteiger partial charge in [0.25, 0.3) is 10.2 Å². The fourth-order valence-electron chi connectivity index (χ4n) is 2.45. The highest BCUT2D eigenvalue weighted by molar-refractivity contribution is 7.86. The molecule has 21 heavy (non-hydrogen) atoms. The third-order valence-electron chi connectivity index (χ3n) is 3.67. The van der Waals surface area contributed by atoms with Crippen molar-refractivity contribution in [2.24, 2.45) is 0 Å². The number of nitrogens with zero attached hydrogens (tertiary/aromatic N) is 2. The second-order valence-electron chi connectivity index (χ2n) is 5.28. The lowest BCUT2D eigenvalue weighted by molar-refractivity contribution is 0.262. The van der Waals surface area contributed by atoms with Gasteiger partial charge in [0.1, 0.15) is 5.75 Å². The standard InChI is InChI=1S/C14H23N3O3S/c1-12-10-15-7-8-17(12)21(18,19)16(2)11-13-5-4-6-14(9-13)20-3/h4-6,9,12,15H,7-8,10-11H2,1-3H3/t12-/m1/s1. The molecule has 0 aliphatic carbocycles. The SMILES string of the molecule is COc1cccc(CN(C)S(=O)(=O)N2CCNC[C@H]2C)c1. The number of hydrogen-bond donors (Lipinski definition) is 1. The van der Waals surface area contributed by atoms with E-state index in [0.29, 0.717) is 26.2 Å². The summed E-state index contributed by atoms with van der Waals surface area (Å²) in [6, 6.07) is 7.43. The first-order valence-electron chi connectivity index (χ1n) is 7.02. The molecule has 0 bridgehead atoms. The molecule has 1 aromatic carbocycles. The van der Waals surface area contributed by atoms with Crippen molar-refractivity contribution >= 4 is 10.2 Å². The summed E-state index contributed by atoms with van der Waals surface area (Å²) in [7, 11) is -0.229. The summed E-state index contributed by atoms with van der Waals surface area (Å²) in [5.41, 5.74) is 0.906. The summed E-state index contributed by atoms with van der Waals surface area (Å²) < 4.78 is 33.4. The largest absolute Gasteiger partial charge is 0.497 e. The Hall–Kier alpha value is -1.15. The highest BCUT2D eigenvalue weighted by Gasteiger charge is 2.32. The molecule has 1 aliphatic rings. The molecule has 0 spiro atoms. The first-order valence-corrected chi connectivity index (χ1v) is 8.41. The van der Waals surface area contributed by atoms with Gasteiger partial charge in [0.15, 0.2) is 0 Å². The predicted octanol–water partition coefficient (Wildman–Crippen LogP) is 0.666. The van der Waals surface area contributed by atoms with Crippen LogP contribution in [-0.2, 0) is 16.8 Å². The molecular weight excluding hydrogens is 290 g/mol. The van der Waals surface area contributed by atoms with Gasteiger partial charge >= 0.3 is 0 Å². The van der Waals surface area contributed by atoms with Crippen LogP contribution in [0.2, 0.25) is 0 Å². The molecule has 0 amide bonds. The van der Waals surface area contributed by atoms with Gasteiger partial charge < -0.3 is 10.1 Å². The predicted molar refractivity (Wildman–Crippen MR) is 82.4 cm³/mol. The zero-order valence-corrected chi connectivity index (χ0v) is 13.6. The van der Waals surface area contributed by atoms with Gasteiger partial charge in [0.2, 0.25) is 0 Å². The van der Waals surface area contributed by atoms with E-state index in [9.17, 15) is 8.42 Å². The third kappa shape index (κ3) is 3.74. The van der Waals surface area contributed by atoms with Crippen LogP contribution in [0.1, 0.15) is 12.5 Å². The molecule has 7 heteroatoms. The Morgan fingerprint density at radius 2 is 2.24 bits per heavy atom. The molecule has 0 unspecified atom stereocenters. The zero-order chi connectivity index (χ0) is 15.5. The van der Waals surface area contributed by atoms with Crippen LogP contribution in [0.4, 0.5) is 0 Å². The van der Waals surface area contributed by atoms with Crippen LogP contribution in [0.5, 0.6) is 5.75 Å². The second kappa shape index (κ2) is 6.74. The van der Waals surface area contributed by atoms with E-state index in [2.05, 4.69) is 5.32 Å². The van der Waals surface area contributed by atoms with E-state index in [1.807, 2.05) is 31.2 Å². The van der Waals surface area contributed by atoms with Crippen molar-refractivity contribution in [3.05, 3.63) is 29.8 Å². The molecule has 0 aromatic heterocycles. The normalized spacial score (nSPS) is 20.7. The van der Waals surface area contributed by atoms with Crippen LogP contribution >= 0.6 is 0 Å². The Kier molecular flexibility index (Phi) is 5.21. The van der Waals surface area contributed by atoms with Crippen molar-refractivity contribution in [1.82, 2.24) is 13.9 Å². The molecule has 0 saturated carbocycles. The van der Waals surface area contributed by atoms with E-state index in [0.717, 1.165) is 11.3 Å². The highest BCUT2D eigenvalue weighted by Crippen LogP contribution is 2.18. The number of hydrogen-bond acceptors (Lipinski definition) is 4. The smallest absolute Gasteiger partial charge is 0.282 e. The van der Waals surface area contributed by atoms with E-state index >= 15 is 0 Å². The number of rotatable bonds is 5. The minimum absolute atomic E-state index is 0.0310. The summed E-state index contributed by atoms with van der Waals surface area (Å²) in [5, 5.41) is 3.20. The molecule has 1 N–H and O–H groups in total. The van der Waals surface area contributed by atoms with Gasteiger partial charge in [-0.2, -0.15) is 17.0 Å². The van der Waals surface area contributed by atoms with E-state index in [1.165, 1.54) is 4.31 Å². The highest BCUT2D eigenvalue weighted by atomic mass is 32.2. The average Bonchev–Trinajstić information content (AvgIpc) is 2.47. The fraction of sp³-hybridized carbons (Fsp3) is 0.571. The number of methoxy groups -OCH3 is 1. The first-order chi connectivity index (χ1) is 9.95. The summed E-state index contributed by atoms with van der Waals surface area (Å²) in [6.07, 6.45) is 0. The molecule has 2 rings (SSSR count). The number of benzene rings is 1. The topological polar surface area (TPSA) is 61.9 Å². The fourth-order valence-corrected chi connectivity index (χ4v) is 3.98. The maximum Gasteiger partial charge on any atom is 0.282 e. The summed E-state index contributed by atoms with van der Waals surface area (Å²) in [5.74, 6) is 0.730. The lowest BCUT2D eigenvalue weighted by Crippen LogP contribution is -2.55. The van der Waals surface area contributed by atoms with Crippen molar-refractivity contribution in [3.8, 4) is 5.75 Å². The van der Waals surface area contributed by atoms with E-state index in [4.69, 9.17) is 4.74 Å². The lowest BCUT2D eigenvalue weighted by atomic mass is 10.2. The minimum atomic E-state index is -3.44. The van der Waals surface area contributed by atoms with Gasteiger partial charge in [-0.15, -0.1) is 0 Å². The van der Waals surface area contributed by atoms with Crippen LogP contribution in [0.15, 0.2) is 24.3 Å². The molecule has 1 aromatic rings. The van der Waals surface area contributed by atoms with Crippen molar-refractivity contribution in [1.29, 1.82) is 0 Å². The molecule has 1 fully saturated rings. The molecule has 1 heterocycles. The van der Waals surface area contributed by atoms with Crippen LogP contribution < -0.4 is 10.1 Å². The van der Waals surface area contributed by atoms with Gasteiger partial charge in [-0.25, -0.2) is 0 Å². The quantitative estimate of drug-likeness (QED) is 0.868. The maximum atomic E-state index is 12.6. The third-order valence-corrected chi connectivity index (χ3v) is 5.72. The zero-order valence-electron chi connectivity index (χ0n) is 12.7. The second-order valence-corrected chi connectivity index (χ2v) is 7.27. The monoisotopic (exact) mass is 313 g/mol. The van der Waals surface area contributed by atoms with E-state index in [1.54, 1.807) is 18.5 Å². The first kappa shape index (κ1) is 16.2. The number of ether oxygens (including phenoxy) is 1. The lowest BCUT2D eigenvalue weighted by Gasteiger charge is -2.35. The van der Waals surface area contributed by atoms with Gasteiger partial charge in [-0.05, 0) is 24.6 Å². The minimum Gasteiger partial charge on any atom is -0.497 e. The molecule has 118 valence electrons. The Bertz CT molecular complexity index is 577. The number of nitrogens with one attached hydrogen (secondary N) is 1. The van der Waals surface area contributed by atoms with Gasteiger partial charge in [-0.3, -0.25) is 0 Å². The van der Waals surface area contributed by atoms with Crippen molar-refractivity contribution in [2.75, 3.05) is 33.8 Å². The van der Waals surface area contributed by atoms with Crippen LogP contribution in [0, 0.1) is 0 Å². The van der Waals surface area contributed by atoms with Crippen LogP contribution in [0.3, 0.4) is 0 Å². The molecule has 6 nitrogen and oxygen atoms in total. The summed E-state index contributed by atoms with van der Waals surface area (Å²) in [4.78, 5) is 0. The van der Waals surface area contributed by atoms with E-state index in [-0.39, 0.29) is 6.04 Å². The maximum absolute atomic E-state index is 12.6. The molecule has 1 saturated heterocycles. The van der Waals surface area contributed by atoms with Gasteiger partial charge in [0.05, 0.1) is 7.11 Å². The van der Waals surface area contributed by atoms with Crippen LogP contribution in [-0.4, -0.2) is 56.9 Å². The van der Waals surface area contributed by atoms with Crippen molar-refractivity contribution in [3.63, 3.8) is 0 Å².